The normalized spacial score (nSPS) is 25.5. The number of carbonyl (C=O) groups excluding carboxylic acids is 1. The molecule has 114 valence electrons. The number of nitrogens with two attached hydrogens (primary N) is 1. The SMILES string of the molecule is Nc1ccc(=O)n(CC(=O)NC2CCN3CCCC3C2)c1. The van der Waals surface area contributed by atoms with E-state index in [1.165, 1.54) is 36.2 Å². The molecule has 2 saturated heterocycles. The third-order valence-electron chi connectivity index (χ3n) is 4.51. The van der Waals surface area contributed by atoms with E-state index in [2.05, 4.69) is 10.2 Å². The number of rotatable bonds is 3. The molecule has 6 nitrogen and oxygen atoms in total. The van der Waals surface area contributed by atoms with Gasteiger partial charge in [-0.1, -0.05) is 0 Å². The Kier molecular flexibility index (Phi) is 3.96. The second-order valence-corrected chi connectivity index (χ2v) is 6.05. The maximum Gasteiger partial charge on any atom is 0.251 e. The summed E-state index contributed by atoms with van der Waals surface area (Å²) >= 11 is 0. The highest BCUT2D eigenvalue weighted by Crippen LogP contribution is 2.26. The average Bonchev–Trinajstić information content (AvgIpc) is 2.90. The Morgan fingerprint density at radius 1 is 1.33 bits per heavy atom. The first kappa shape index (κ1) is 14.1. The molecule has 3 heterocycles. The van der Waals surface area contributed by atoms with Gasteiger partial charge in [0.1, 0.15) is 6.54 Å². The number of nitrogens with one attached hydrogen (secondary N) is 1. The molecule has 1 amide bonds. The molecule has 2 aliphatic heterocycles. The topological polar surface area (TPSA) is 80.4 Å². The number of hydrogen-bond acceptors (Lipinski definition) is 4. The van der Waals surface area contributed by atoms with Gasteiger partial charge in [-0.15, -0.1) is 0 Å². The first-order valence-electron chi connectivity index (χ1n) is 7.61. The summed E-state index contributed by atoms with van der Waals surface area (Å²) in [6.45, 7) is 2.30. The van der Waals surface area contributed by atoms with Gasteiger partial charge in [-0.25, -0.2) is 0 Å². The lowest BCUT2D eigenvalue weighted by atomic mass is 9.97. The largest absolute Gasteiger partial charge is 0.398 e. The van der Waals surface area contributed by atoms with E-state index in [9.17, 15) is 9.59 Å². The van der Waals surface area contributed by atoms with E-state index in [1.54, 1.807) is 6.07 Å². The summed E-state index contributed by atoms with van der Waals surface area (Å²) < 4.78 is 1.36. The zero-order valence-corrected chi connectivity index (χ0v) is 12.1. The molecule has 3 N–H and O–H groups in total. The molecule has 2 aliphatic rings. The maximum absolute atomic E-state index is 12.1. The number of fused-ring (bicyclic) bond motifs is 1. The van der Waals surface area contributed by atoms with Crippen LogP contribution in [-0.4, -0.2) is 40.5 Å². The summed E-state index contributed by atoms with van der Waals surface area (Å²) in [7, 11) is 0. The summed E-state index contributed by atoms with van der Waals surface area (Å²) in [6, 6.07) is 3.79. The van der Waals surface area contributed by atoms with E-state index >= 15 is 0 Å². The van der Waals surface area contributed by atoms with Gasteiger partial charge in [0.15, 0.2) is 0 Å². The van der Waals surface area contributed by atoms with Crippen molar-refractivity contribution in [1.82, 2.24) is 14.8 Å². The van der Waals surface area contributed by atoms with Gasteiger partial charge in [-0.3, -0.25) is 9.59 Å². The molecule has 0 bridgehead atoms. The van der Waals surface area contributed by atoms with Crippen molar-refractivity contribution in [2.75, 3.05) is 18.8 Å². The van der Waals surface area contributed by atoms with Gasteiger partial charge in [0, 0.05) is 36.6 Å². The van der Waals surface area contributed by atoms with E-state index in [0.29, 0.717) is 11.7 Å². The molecule has 0 aromatic carbocycles. The third kappa shape index (κ3) is 3.26. The molecule has 1 aromatic heterocycles. The van der Waals surface area contributed by atoms with Gasteiger partial charge in [0.25, 0.3) is 5.56 Å². The van der Waals surface area contributed by atoms with Crippen LogP contribution >= 0.6 is 0 Å². The predicted octanol–water partition coefficient (Wildman–Crippen LogP) is 0.174. The van der Waals surface area contributed by atoms with Crippen molar-refractivity contribution < 1.29 is 4.79 Å². The number of pyridine rings is 1. The number of amides is 1. The van der Waals surface area contributed by atoms with Gasteiger partial charge >= 0.3 is 0 Å². The molecule has 0 radical (unpaired) electrons. The highest BCUT2D eigenvalue weighted by Gasteiger charge is 2.32. The third-order valence-corrected chi connectivity index (χ3v) is 4.51. The second kappa shape index (κ2) is 5.89. The van der Waals surface area contributed by atoms with Crippen LogP contribution in [0.15, 0.2) is 23.1 Å². The first-order chi connectivity index (χ1) is 10.1. The van der Waals surface area contributed by atoms with Gasteiger partial charge in [-0.05, 0) is 38.3 Å². The van der Waals surface area contributed by atoms with Crippen LogP contribution in [0.4, 0.5) is 5.69 Å². The lowest BCUT2D eigenvalue weighted by molar-refractivity contribution is -0.122. The van der Waals surface area contributed by atoms with Crippen LogP contribution in [0.1, 0.15) is 25.7 Å². The number of piperidine rings is 1. The minimum atomic E-state index is -0.204. The monoisotopic (exact) mass is 290 g/mol. The van der Waals surface area contributed by atoms with Crippen LogP contribution in [0.3, 0.4) is 0 Å². The van der Waals surface area contributed by atoms with Crippen molar-refractivity contribution in [3.63, 3.8) is 0 Å². The Bertz CT molecular complexity index is 583. The fourth-order valence-electron chi connectivity index (χ4n) is 3.46. The van der Waals surface area contributed by atoms with Gasteiger partial charge in [0.2, 0.25) is 5.91 Å². The molecule has 6 heteroatoms. The van der Waals surface area contributed by atoms with E-state index < -0.39 is 0 Å². The van der Waals surface area contributed by atoms with Crippen LogP contribution in [0.5, 0.6) is 0 Å². The zero-order chi connectivity index (χ0) is 14.8. The molecule has 0 saturated carbocycles. The number of carbonyl (C=O) groups is 1. The van der Waals surface area contributed by atoms with Crippen LogP contribution < -0.4 is 16.6 Å². The molecule has 21 heavy (non-hydrogen) atoms. The van der Waals surface area contributed by atoms with Crippen LogP contribution in [0.2, 0.25) is 0 Å². The van der Waals surface area contributed by atoms with Gasteiger partial charge in [0.05, 0.1) is 0 Å². The van der Waals surface area contributed by atoms with Crippen molar-refractivity contribution in [3.8, 4) is 0 Å². The fourth-order valence-corrected chi connectivity index (χ4v) is 3.46. The highest BCUT2D eigenvalue weighted by atomic mass is 16.2. The molecule has 0 aliphatic carbocycles. The Labute approximate surface area is 123 Å². The Balaban J connectivity index is 1.57. The zero-order valence-electron chi connectivity index (χ0n) is 12.1. The number of nitrogen functional groups attached to an aromatic ring is 1. The second-order valence-electron chi connectivity index (χ2n) is 6.05. The summed E-state index contributed by atoms with van der Waals surface area (Å²) in [5.74, 6) is -0.112. The fraction of sp³-hybridized carbons (Fsp3) is 0.600. The summed E-state index contributed by atoms with van der Waals surface area (Å²) in [4.78, 5) is 26.3. The summed E-state index contributed by atoms with van der Waals surface area (Å²) in [6.07, 6.45) is 6.04. The van der Waals surface area contributed by atoms with Crippen molar-refractivity contribution >= 4 is 11.6 Å². The molecule has 2 atom stereocenters. The molecule has 0 spiro atoms. The molecule has 1 aromatic rings. The average molecular weight is 290 g/mol. The van der Waals surface area contributed by atoms with Gasteiger partial charge < -0.3 is 20.5 Å². The van der Waals surface area contributed by atoms with Crippen molar-refractivity contribution in [2.24, 2.45) is 0 Å². The molecule has 2 fully saturated rings. The van der Waals surface area contributed by atoms with Gasteiger partial charge in [-0.2, -0.15) is 0 Å². The van der Waals surface area contributed by atoms with Crippen molar-refractivity contribution in [2.45, 2.75) is 44.3 Å². The number of nitrogens with zero attached hydrogens (tertiary/aromatic N) is 2. The Hall–Kier alpha value is -1.82. The van der Waals surface area contributed by atoms with E-state index in [1.807, 2.05) is 0 Å². The van der Waals surface area contributed by atoms with Crippen LogP contribution in [0.25, 0.3) is 0 Å². The van der Waals surface area contributed by atoms with Crippen LogP contribution in [-0.2, 0) is 11.3 Å². The standard InChI is InChI=1S/C15H22N4O2/c16-11-3-4-15(21)19(9-11)10-14(20)17-12-5-7-18-6-1-2-13(18)8-12/h3-4,9,12-13H,1-2,5-8,10,16H2,(H,17,20). The Morgan fingerprint density at radius 2 is 2.19 bits per heavy atom. The Morgan fingerprint density at radius 3 is 3.05 bits per heavy atom. The lowest BCUT2D eigenvalue weighted by Gasteiger charge is -2.35. The lowest BCUT2D eigenvalue weighted by Crippen LogP contribution is -2.48. The van der Waals surface area contributed by atoms with Crippen molar-refractivity contribution in [3.05, 3.63) is 28.7 Å². The van der Waals surface area contributed by atoms with Crippen LogP contribution in [0, 0.1) is 0 Å². The minimum Gasteiger partial charge on any atom is -0.398 e. The number of aromatic nitrogens is 1. The molecule has 2 unspecified atom stereocenters. The maximum atomic E-state index is 12.1. The van der Waals surface area contributed by atoms with Crippen molar-refractivity contribution in [1.29, 1.82) is 0 Å². The molecular weight excluding hydrogens is 268 g/mol. The minimum absolute atomic E-state index is 0.0365. The van der Waals surface area contributed by atoms with E-state index in [-0.39, 0.29) is 24.1 Å². The molecular formula is C15H22N4O2. The number of anilines is 1. The number of hydrogen-bond donors (Lipinski definition) is 2. The quantitative estimate of drug-likeness (QED) is 0.832. The smallest absolute Gasteiger partial charge is 0.251 e. The summed E-state index contributed by atoms with van der Waals surface area (Å²) in [5, 5.41) is 3.06. The predicted molar refractivity (Wildman–Crippen MR) is 80.9 cm³/mol. The van der Waals surface area contributed by atoms with E-state index in [0.717, 1.165) is 19.4 Å². The first-order valence-corrected chi connectivity index (χ1v) is 7.61. The summed E-state index contributed by atoms with van der Waals surface area (Å²) in [5.41, 5.74) is 5.93. The van der Waals surface area contributed by atoms with E-state index in [4.69, 9.17) is 5.73 Å². The highest BCUT2D eigenvalue weighted by molar-refractivity contribution is 5.76. The molecule has 3 rings (SSSR count).